The Labute approximate surface area is 92.7 Å². The molecule has 2 rings (SSSR count). The lowest BCUT2D eigenvalue weighted by atomic mass is 10.1. The van der Waals surface area contributed by atoms with E-state index < -0.39 is 0 Å². The number of nitrogens with one attached hydrogen (secondary N) is 1. The van der Waals surface area contributed by atoms with Crippen LogP contribution in [0, 0.1) is 11.8 Å². The van der Waals surface area contributed by atoms with Gasteiger partial charge in [0.1, 0.15) is 0 Å². The van der Waals surface area contributed by atoms with Crippen molar-refractivity contribution in [1.82, 2.24) is 4.98 Å². The van der Waals surface area contributed by atoms with Crippen molar-refractivity contribution in [2.75, 3.05) is 6.61 Å². The molecule has 2 N–H and O–H groups in total. The molecule has 0 spiro atoms. The first-order valence-electron chi connectivity index (χ1n) is 5.02. The average molecular weight is 213 g/mol. The molecular weight excluding hydrogens is 202 g/mol. The highest BCUT2D eigenvalue weighted by Gasteiger charge is 1.97. The van der Waals surface area contributed by atoms with Crippen LogP contribution in [0.1, 0.15) is 12.0 Å². The summed E-state index contributed by atoms with van der Waals surface area (Å²) in [6, 6.07) is 6.94. The number of aliphatic hydroxyl groups excluding tert-OH is 1. The normalized spacial score (nSPS) is 9.81. The van der Waals surface area contributed by atoms with Gasteiger partial charge in [0, 0.05) is 35.2 Å². The van der Waals surface area contributed by atoms with Crippen LogP contribution in [0.3, 0.4) is 0 Å². The largest absolute Gasteiger partial charge is 0.395 e. The predicted molar refractivity (Wildman–Crippen MR) is 63.1 cm³/mol. The summed E-state index contributed by atoms with van der Waals surface area (Å²) in [5.74, 6) is 5.73. The number of aromatic nitrogens is 1. The Hall–Kier alpha value is -2.05. The van der Waals surface area contributed by atoms with Gasteiger partial charge in [-0.3, -0.25) is 4.79 Å². The van der Waals surface area contributed by atoms with E-state index in [1.54, 1.807) is 12.3 Å². The Morgan fingerprint density at radius 2 is 2.19 bits per heavy atom. The van der Waals surface area contributed by atoms with Crippen LogP contribution in [-0.2, 0) is 0 Å². The minimum atomic E-state index is -0.0143. The van der Waals surface area contributed by atoms with E-state index in [9.17, 15) is 4.79 Å². The molecule has 0 amide bonds. The number of pyridine rings is 1. The lowest BCUT2D eigenvalue weighted by molar-refractivity contribution is 0.305. The predicted octanol–water partition coefficient (Wildman–Crippen LogP) is 1.26. The van der Waals surface area contributed by atoms with Crippen molar-refractivity contribution < 1.29 is 5.11 Å². The van der Waals surface area contributed by atoms with Gasteiger partial charge in [-0.2, -0.15) is 0 Å². The van der Waals surface area contributed by atoms with Crippen LogP contribution in [-0.4, -0.2) is 16.7 Å². The molecule has 0 radical (unpaired) electrons. The van der Waals surface area contributed by atoms with E-state index in [2.05, 4.69) is 16.8 Å². The zero-order chi connectivity index (χ0) is 11.4. The van der Waals surface area contributed by atoms with Crippen molar-refractivity contribution in [1.29, 1.82) is 0 Å². The number of H-pyrrole nitrogens is 1. The second kappa shape index (κ2) is 4.65. The summed E-state index contributed by atoms with van der Waals surface area (Å²) in [7, 11) is 0. The fraction of sp³-hybridized carbons (Fsp3) is 0.154. The number of aromatic amines is 1. The number of hydrogen-bond acceptors (Lipinski definition) is 2. The van der Waals surface area contributed by atoms with Crippen molar-refractivity contribution in [3.8, 4) is 11.8 Å². The first-order chi connectivity index (χ1) is 7.81. The van der Waals surface area contributed by atoms with Crippen molar-refractivity contribution >= 4 is 10.9 Å². The van der Waals surface area contributed by atoms with E-state index in [4.69, 9.17) is 5.11 Å². The van der Waals surface area contributed by atoms with Crippen LogP contribution < -0.4 is 5.43 Å². The number of benzene rings is 1. The first-order valence-corrected chi connectivity index (χ1v) is 5.02. The fourth-order valence-electron chi connectivity index (χ4n) is 1.47. The third kappa shape index (κ3) is 2.13. The average Bonchev–Trinajstić information content (AvgIpc) is 2.30. The number of hydrogen-bond donors (Lipinski definition) is 2. The molecule has 0 unspecified atom stereocenters. The van der Waals surface area contributed by atoms with E-state index in [1.807, 2.05) is 12.1 Å². The van der Waals surface area contributed by atoms with Crippen molar-refractivity contribution in [2.24, 2.45) is 0 Å². The van der Waals surface area contributed by atoms with Gasteiger partial charge >= 0.3 is 0 Å². The van der Waals surface area contributed by atoms with Gasteiger partial charge in [-0.05, 0) is 18.2 Å². The molecule has 0 bridgehead atoms. The van der Waals surface area contributed by atoms with E-state index >= 15 is 0 Å². The van der Waals surface area contributed by atoms with Gasteiger partial charge in [0.25, 0.3) is 0 Å². The lowest BCUT2D eigenvalue weighted by Crippen LogP contribution is -1.99. The highest BCUT2D eigenvalue weighted by molar-refractivity contribution is 5.79. The Balaban J connectivity index is 2.49. The van der Waals surface area contributed by atoms with Crippen molar-refractivity contribution in [3.05, 3.63) is 46.2 Å². The van der Waals surface area contributed by atoms with Crippen molar-refractivity contribution in [3.63, 3.8) is 0 Å². The van der Waals surface area contributed by atoms with E-state index in [0.717, 1.165) is 11.1 Å². The summed E-state index contributed by atoms with van der Waals surface area (Å²) in [4.78, 5) is 14.6. The first kappa shape index (κ1) is 10.5. The van der Waals surface area contributed by atoms with Crippen LogP contribution >= 0.6 is 0 Å². The third-order valence-corrected chi connectivity index (χ3v) is 2.23. The van der Waals surface area contributed by atoms with Crippen LogP contribution in [0.25, 0.3) is 10.9 Å². The molecule has 0 aliphatic heterocycles. The van der Waals surface area contributed by atoms with Gasteiger partial charge in [0.05, 0.1) is 6.61 Å². The topological polar surface area (TPSA) is 53.1 Å². The Kier molecular flexibility index (Phi) is 3.04. The second-order valence-electron chi connectivity index (χ2n) is 3.38. The molecule has 16 heavy (non-hydrogen) atoms. The Morgan fingerprint density at radius 1 is 1.31 bits per heavy atom. The van der Waals surface area contributed by atoms with Gasteiger partial charge in [0.15, 0.2) is 5.43 Å². The maximum absolute atomic E-state index is 11.6. The van der Waals surface area contributed by atoms with Gasteiger partial charge in [-0.15, -0.1) is 0 Å². The summed E-state index contributed by atoms with van der Waals surface area (Å²) < 4.78 is 0. The van der Waals surface area contributed by atoms with Gasteiger partial charge in [-0.25, -0.2) is 0 Å². The fourth-order valence-corrected chi connectivity index (χ4v) is 1.47. The van der Waals surface area contributed by atoms with Crippen LogP contribution in [0.5, 0.6) is 0 Å². The molecule has 0 atom stereocenters. The van der Waals surface area contributed by atoms with E-state index in [-0.39, 0.29) is 12.0 Å². The summed E-state index contributed by atoms with van der Waals surface area (Å²) >= 11 is 0. The molecule has 1 heterocycles. The third-order valence-electron chi connectivity index (χ3n) is 2.23. The smallest absolute Gasteiger partial charge is 0.189 e. The Morgan fingerprint density at radius 3 is 3.00 bits per heavy atom. The SMILES string of the molecule is O=c1cc[nH]c2ccc(C#CCCO)cc12. The molecule has 3 nitrogen and oxygen atoms in total. The maximum Gasteiger partial charge on any atom is 0.189 e. The van der Waals surface area contributed by atoms with E-state index in [1.165, 1.54) is 6.07 Å². The monoisotopic (exact) mass is 213 g/mol. The molecule has 0 saturated heterocycles. The summed E-state index contributed by atoms with van der Waals surface area (Å²) in [6.07, 6.45) is 2.07. The molecule has 80 valence electrons. The molecule has 0 fully saturated rings. The highest BCUT2D eigenvalue weighted by atomic mass is 16.2. The van der Waals surface area contributed by atoms with Gasteiger partial charge in [-0.1, -0.05) is 11.8 Å². The number of fused-ring (bicyclic) bond motifs is 1. The van der Waals surface area contributed by atoms with Gasteiger partial charge < -0.3 is 10.1 Å². The van der Waals surface area contributed by atoms with Gasteiger partial charge in [0.2, 0.25) is 0 Å². The molecular formula is C13H11NO2. The van der Waals surface area contributed by atoms with Crippen LogP contribution in [0.2, 0.25) is 0 Å². The summed E-state index contributed by atoms with van der Waals surface area (Å²) in [6.45, 7) is 0.0567. The highest BCUT2D eigenvalue weighted by Crippen LogP contribution is 2.08. The maximum atomic E-state index is 11.6. The molecule has 0 saturated carbocycles. The van der Waals surface area contributed by atoms with E-state index in [0.29, 0.717) is 11.8 Å². The summed E-state index contributed by atoms with van der Waals surface area (Å²) in [5.41, 5.74) is 1.58. The molecule has 0 aliphatic rings. The molecule has 1 aromatic carbocycles. The molecule has 1 aromatic heterocycles. The minimum absolute atomic E-state index is 0.0143. The summed E-state index contributed by atoms with van der Waals surface area (Å²) in [5, 5.41) is 9.24. The van der Waals surface area contributed by atoms with Crippen LogP contribution in [0.4, 0.5) is 0 Å². The standard InChI is InChI=1S/C13H11NO2/c15-8-2-1-3-10-4-5-12-11(9-10)13(16)6-7-14-12/h4-7,9,15H,2,8H2,(H,14,16). The lowest BCUT2D eigenvalue weighted by Gasteiger charge is -1.96. The van der Waals surface area contributed by atoms with Crippen LogP contribution in [0.15, 0.2) is 35.3 Å². The zero-order valence-electron chi connectivity index (χ0n) is 8.66. The quantitative estimate of drug-likeness (QED) is 0.701. The molecule has 0 aliphatic carbocycles. The molecule has 2 aromatic rings. The molecule has 3 heteroatoms. The zero-order valence-corrected chi connectivity index (χ0v) is 8.66. The number of rotatable bonds is 1. The minimum Gasteiger partial charge on any atom is -0.395 e. The Bertz CT molecular complexity index is 617. The second-order valence-corrected chi connectivity index (χ2v) is 3.38. The number of aliphatic hydroxyl groups is 1. The van der Waals surface area contributed by atoms with Crippen molar-refractivity contribution in [2.45, 2.75) is 6.42 Å².